The summed E-state index contributed by atoms with van der Waals surface area (Å²) >= 11 is 0. The number of hydrogen-bond donors (Lipinski definition) is 1. The van der Waals surface area contributed by atoms with Gasteiger partial charge < -0.3 is 19.5 Å². The van der Waals surface area contributed by atoms with Gasteiger partial charge in [0, 0.05) is 11.8 Å². The number of carbonyl (C=O) groups is 1. The summed E-state index contributed by atoms with van der Waals surface area (Å²) in [6, 6.07) is 25.0. The number of benzene rings is 4. The molecule has 5 rings (SSSR count). The van der Waals surface area contributed by atoms with E-state index in [9.17, 15) is 17.6 Å². The lowest BCUT2D eigenvalue weighted by Gasteiger charge is -2.25. The van der Waals surface area contributed by atoms with Crippen LogP contribution in [0.1, 0.15) is 0 Å². The van der Waals surface area contributed by atoms with Gasteiger partial charge in [-0.2, -0.15) is 0 Å². The van der Waals surface area contributed by atoms with Crippen molar-refractivity contribution in [2.24, 2.45) is 0 Å². The Morgan fingerprint density at radius 2 is 1.50 bits per heavy atom. The molecule has 0 saturated carbocycles. The van der Waals surface area contributed by atoms with Gasteiger partial charge in [-0.1, -0.05) is 18.2 Å². The number of halogens is 1. The summed E-state index contributed by atoms with van der Waals surface area (Å²) in [5, 5.41) is 2.70. The lowest BCUT2D eigenvalue weighted by molar-refractivity contribution is -0.114. The van der Waals surface area contributed by atoms with Gasteiger partial charge in [-0.3, -0.25) is 9.10 Å². The van der Waals surface area contributed by atoms with Crippen LogP contribution >= 0.6 is 0 Å². The van der Waals surface area contributed by atoms with Crippen LogP contribution in [-0.4, -0.2) is 34.1 Å². The van der Waals surface area contributed by atoms with Gasteiger partial charge in [0.1, 0.15) is 37.1 Å². The summed E-state index contributed by atoms with van der Waals surface area (Å²) in [4.78, 5) is 12.9. The van der Waals surface area contributed by atoms with Crippen LogP contribution in [0.25, 0.3) is 0 Å². The highest BCUT2D eigenvalue weighted by molar-refractivity contribution is 7.92. The van der Waals surface area contributed by atoms with E-state index in [2.05, 4.69) is 5.32 Å². The molecule has 4 aromatic carbocycles. The van der Waals surface area contributed by atoms with Crippen LogP contribution < -0.4 is 23.8 Å². The molecule has 0 fully saturated rings. The van der Waals surface area contributed by atoms with E-state index in [-0.39, 0.29) is 17.2 Å². The van der Waals surface area contributed by atoms with Crippen LogP contribution in [-0.2, 0) is 14.8 Å². The summed E-state index contributed by atoms with van der Waals surface area (Å²) in [6.07, 6.45) is 0. The molecule has 0 spiro atoms. The minimum atomic E-state index is -4.23. The Balaban J connectivity index is 1.36. The zero-order chi connectivity index (χ0) is 26.5. The van der Waals surface area contributed by atoms with Crippen LogP contribution in [0.2, 0.25) is 0 Å². The number of nitrogens with one attached hydrogen (secondary N) is 1. The number of fused-ring (bicyclic) bond motifs is 1. The molecule has 0 saturated heterocycles. The molecule has 1 heterocycles. The zero-order valence-electron chi connectivity index (χ0n) is 20.0. The molecule has 0 unspecified atom stereocenters. The van der Waals surface area contributed by atoms with E-state index in [4.69, 9.17) is 14.2 Å². The van der Waals surface area contributed by atoms with Gasteiger partial charge >= 0.3 is 0 Å². The first-order valence-corrected chi connectivity index (χ1v) is 13.1. The molecule has 0 radical (unpaired) electrons. The maximum absolute atomic E-state index is 13.6. The maximum atomic E-state index is 13.6. The van der Waals surface area contributed by atoms with Gasteiger partial charge in [0.25, 0.3) is 10.0 Å². The van der Waals surface area contributed by atoms with E-state index in [0.717, 1.165) is 16.4 Å². The Hall–Kier alpha value is -4.57. The average molecular weight is 535 g/mol. The number of anilines is 2. The number of sulfonamides is 1. The van der Waals surface area contributed by atoms with Crippen molar-refractivity contribution in [2.75, 3.05) is 29.4 Å². The minimum absolute atomic E-state index is 0.0960. The number of carbonyl (C=O) groups excluding carboxylic acids is 1. The predicted octanol–water partition coefficient (Wildman–Crippen LogP) is 5.22. The quantitative estimate of drug-likeness (QED) is 0.333. The molecule has 1 N–H and O–H groups in total. The Labute approximate surface area is 219 Å². The molecule has 194 valence electrons. The van der Waals surface area contributed by atoms with Crippen LogP contribution in [0.5, 0.6) is 23.0 Å². The van der Waals surface area contributed by atoms with E-state index in [1.165, 1.54) is 30.3 Å². The molecule has 0 bridgehead atoms. The maximum Gasteiger partial charge on any atom is 0.264 e. The van der Waals surface area contributed by atoms with E-state index in [1.807, 2.05) is 30.3 Å². The topological polar surface area (TPSA) is 94.2 Å². The van der Waals surface area contributed by atoms with Gasteiger partial charge in [0.2, 0.25) is 5.91 Å². The van der Waals surface area contributed by atoms with E-state index in [1.54, 1.807) is 24.3 Å². The van der Waals surface area contributed by atoms with Crippen molar-refractivity contribution in [1.82, 2.24) is 0 Å². The first-order valence-electron chi connectivity index (χ1n) is 11.7. The Kier molecular flexibility index (Phi) is 7.14. The van der Waals surface area contributed by atoms with Crippen molar-refractivity contribution in [2.45, 2.75) is 4.90 Å². The molecule has 0 atom stereocenters. The monoisotopic (exact) mass is 534 g/mol. The number of ether oxygens (including phenoxy) is 3. The van der Waals surface area contributed by atoms with Crippen LogP contribution in [0.15, 0.2) is 102 Å². The Morgan fingerprint density at radius 3 is 2.21 bits per heavy atom. The molecule has 0 aliphatic carbocycles. The summed E-state index contributed by atoms with van der Waals surface area (Å²) in [6.45, 7) is 0.0980. The first-order chi connectivity index (χ1) is 18.4. The molecular weight excluding hydrogens is 511 g/mol. The fourth-order valence-corrected chi connectivity index (χ4v) is 5.23. The van der Waals surface area contributed by atoms with Gasteiger partial charge in [-0.05, 0) is 72.8 Å². The summed E-state index contributed by atoms with van der Waals surface area (Å²) in [5.41, 5.74) is 0.578. The molecule has 8 nitrogen and oxygen atoms in total. The molecule has 4 aromatic rings. The number of nitrogens with zero attached hydrogens (tertiary/aromatic N) is 1. The van der Waals surface area contributed by atoms with E-state index >= 15 is 0 Å². The van der Waals surface area contributed by atoms with Crippen molar-refractivity contribution in [3.63, 3.8) is 0 Å². The molecule has 10 heteroatoms. The fourth-order valence-electron chi connectivity index (χ4n) is 3.80. The molecule has 1 aliphatic rings. The highest BCUT2D eigenvalue weighted by atomic mass is 32.2. The number of hydrogen-bond acceptors (Lipinski definition) is 6. The van der Waals surface area contributed by atoms with Gasteiger partial charge in [0.15, 0.2) is 11.5 Å². The average Bonchev–Trinajstić information content (AvgIpc) is 2.93. The standard InChI is InChI=1S/C28H23FN2O6S/c29-20-6-10-22(11-7-20)31(38(33,34)25-14-15-26-27(18-25)36-17-16-35-26)19-28(32)30-21-8-12-24(13-9-21)37-23-4-2-1-3-5-23/h1-15,18H,16-17,19H2,(H,30,32). The van der Waals surface area contributed by atoms with Gasteiger partial charge in [-0.25, -0.2) is 12.8 Å². The van der Waals surface area contributed by atoms with Crippen molar-refractivity contribution in [3.8, 4) is 23.0 Å². The summed E-state index contributed by atoms with van der Waals surface area (Å²) in [5.74, 6) is 0.839. The van der Waals surface area contributed by atoms with Crippen molar-refractivity contribution in [1.29, 1.82) is 0 Å². The van der Waals surface area contributed by atoms with Crippen LogP contribution in [0.4, 0.5) is 15.8 Å². The third kappa shape index (κ3) is 5.70. The van der Waals surface area contributed by atoms with Gasteiger partial charge in [-0.15, -0.1) is 0 Å². The number of rotatable bonds is 8. The molecule has 38 heavy (non-hydrogen) atoms. The first kappa shape index (κ1) is 25.1. The normalized spacial score (nSPS) is 12.4. The number of amides is 1. The summed E-state index contributed by atoms with van der Waals surface area (Å²) in [7, 11) is -4.23. The van der Waals surface area contributed by atoms with Crippen molar-refractivity contribution in [3.05, 3.63) is 103 Å². The predicted molar refractivity (Wildman–Crippen MR) is 140 cm³/mol. The second-order valence-electron chi connectivity index (χ2n) is 8.28. The highest BCUT2D eigenvalue weighted by Crippen LogP contribution is 2.34. The van der Waals surface area contributed by atoms with E-state index < -0.39 is 28.3 Å². The second-order valence-corrected chi connectivity index (χ2v) is 10.1. The zero-order valence-corrected chi connectivity index (χ0v) is 20.9. The van der Waals surface area contributed by atoms with Crippen molar-refractivity contribution < 1.29 is 31.8 Å². The smallest absolute Gasteiger partial charge is 0.264 e. The number of para-hydroxylation sites is 1. The third-order valence-electron chi connectivity index (χ3n) is 5.62. The minimum Gasteiger partial charge on any atom is -0.486 e. The molecule has 1 aliphatic heterocycles. The third-order valence-corrected chi connectivity index (χ3v) is 7.39. The highest BCUT2D eigenvalue weighted by Gasteiger charge is 2.29. The lowest BCUT2D eigenvalue weighted by Crippen LogP contribution is -2.38. The SMILES string of the molecule is O=C(CN(c1ccc(F)cc1)S(=O)(=O)c1ccc2c(c1)OCCO2)Nc1ccc(Oc2ccccc2)cc1. The Morgan fingerprint density at radius 1 is 0.842 bits per heavy atom. The Bertz CT molecular complexity index is 1530. The van der Waals surface area contributed by atoms with E-state index in [0.29, 0.717) is 35.3 Å². The van der Waals surface area contributed by atoms with Crippen LogP contribution in [0, 0.1) is 5.82 Å². The molecule has 0 aromatic heterocycles. The molecular formula is C28H23FN2O6S. The molecule has 1 amide bonds. The van der Waals surface area contributed by atoms with Crippen molar-refractivity contribution >= 4 is 27.3 Å². The largest absolute Gasteiger partial charge is 0.486 e. The second kappa shape index (κ2) is 10.8. The fraction of sp³-hybridized carbons (Fsp3) is 0.107. The summed E-state index contributed by atoms with van der Waals surface area (Å²) < 4.78 is 58.6. The lowest BCUT2D eigenvalue weighted by atomic mass is 10.3. The van der Waals surface area contributed by atoms with Gasteiger partial charge in [0.05, 0.1) is 10.6 Å². The van der Waals surface area contributed by atoms with Crippen LogP contribution in [0.3, 0.4) is 0 Å².